The second-order valence-corrected chi connectivity index (χ2v) is 5.56. The minimum absolute atomic E-state index is 1.10. The molecule has 3 heteroatoms. The molecule has 0 aliphatic carbocycles. The Balaban J connectivity index is 1.84. The van der Waals surface area contributed by atoms with Crippen LogP contribution in [0.4, 0.5) is 5.69 Å². The summed E-state index contributed by atoms with van der Waals surface area (Å²) in [6.07, 6.45) is 2.65. The van der Waals surface area contributed by atoms with Gasteiger partial charge in [-0.25, -0.2) is 4.98 Å². The molecule has 0 N–H and O–H groups in total. The summed E-state index contributed by atoms with van der Waals surface area (Å²) in [4.78, 5) is 6.97. The van der Waals surface area contributed by atoms with Crippen molar-refractivity contribution in [3.8, 4) is 11.3 Å². The van der Waals surface area contributed by atoms with Gasteiger partial charge in [0.05, 0.1) is 10.7 Å². The molecule has 0 radical (unpaired) electrons. The number of thiazole rings is 1. The number of rotatable bonds is 2. The average molecular weight is 244 g/mol. The number of hydrogen-bond donors (Lipinski definition) is 0. The molecule has 1 fully saturated rings. The second kappa shape index (κ2) is 4.49. The van der Waals surface area contributed by atoms with Gasteiger partial charge in [0, 0.05) is 29.7 Å². The van der Waals surface area contributed by atoms with E-state index in [0.29, 0.717) is 0 Å². The monoisotopic (exact) mass is 244 g/mol. The molecule has 2 heterocycles. The highest BCUT2D eigenvalue weighted by Gasteiger charge is 2.12. The number of hydrogen-bond acceptors (Lipinski definition) is 3. The number of benzene rings is 1. The topological polar surface area (TPSA) is 16.1 Å². The molecule has 0 bridgehead atoms. The first kappa shape index (κ1) is 10.8. The van der Waals surface area contributed by atoms with Gasteiger partial charge in [-0.05, 0) is 31.9 Å². The van der Waals surface area contributed by atoms with Crippen LogP contribution in [0.1, 0.15) is 17.8 Å². The molecule has 0 atom stereocenters. The van der Waals surface area contributed by atoms with Crippen LogP contribution in [0, 0.1) is 6.92 Å². The Labute approximate surface area is 106 Å². The lowest BCUT2D eigenvalue weighted by Crippen LogP contribution is -2.17. The maximum atomic E-state index is 4.51. The van der Waals surface area contributed by atoms with Gasteiger partial charge in [0.1, 0.15) is 0 Å². The molecule has 1 saturated heterocycles. The molecule has 0 unspecified atom stereocenters. The fraction of sp³-hybridized carbons (Fsp3) is 0.357. The van der Waals surface area contributed by atoms with Crippen molar-refractivity contribution in [1.29, 1.82) is 0 Å². The highest BCUT2D eigenvalue weighted by Crippen LogP contribution is 2.26. The summed E-state index contributed by atoms with van der Waals surface area (Å²) in [6, 6.07) is 8.80. The Morgan fingerprint density at radius 3 is 2.41 bits per heavy atom. The Morgan fingerprint density at radius 2 is 1.82 bits per heavy atom. The minimum atomic E-state index is 1.10. The van der Waals surface area contributed by atoms with E-state index in [1.54, 1.807) is 11.3 Å². The first-order valence-corrected chi connectivity index (χ1v) is 6.98. The van der Waals surface area contributed by atoms with E-state index in [4.69, 9.17) is 0 Å². The molecule has 3 rings (SSSR count). The lowest BCUT2D eigenvalue weighted by atomic mass is 10.1. The van der Waals surface area contributed by atoms with Crippen LogP contribution in [0.2, 0.25) is 0 Å². The summed E-state index contributed by atoms with van der Waals surface area (Å²) in [7, 11) is 0. The molecule has 1 aromatic carbocycles. The third-order valence-electron chi connectivity index (χ3n) is 3.25. The summed E-state index contributed by atoms with van der Waals surface area (Å²) in [5.41, 5.74) is 3.66. The number of aromatic nitrogens is 1. The molecule has 88 valence electrons. The molecule has 0 amide bonds. The fourth-order valence-electron chi connectivity index (χ4n) is 2.31. The lowest BCUT2D eigenvalue weighted by molar-refractivity contribution is 0.949. The summed E-state index contributed by atoms with van der Waals surface area (Å²) in [6.45, 7) is 4.46. The van der Waals surface area contributed by atoms with Crippen LogP contribution in [-0.4, -0.2) is 18.1 Å². The fourth-order valence-corrected chi connectivity index (χ4v) is 2.94. The van der Waals surface area contributed by atoms with Crippen molar-refractivity contribution in [3.63, 3.8) is 0 Å². The molecule has 1 aromatic heterocycles. The van der Waals surface area contributed by atoms with Gasteiger partial charge in [0.25, 0.3) is 0 Å². The molecular weight excluding hydrogens is 228 g/mol. The third-order valence-corrected chi connectivity index (χ3v) is 4.03. The van der Waals surface area contributed by atoms with E-state index < -0.39 is 0 Å². The zero-order valence-electron chi connectivity index (χ0n) is 10.0. The largest absolute Gasteiger partial charge is 0.372 e. The molecular formula is C14H16N2S. The van der Waals surface area contributed by atoms with Crippen LogP contribution in [-0.2, 0) is 0 Å². The summed E-state index contributed by atoms with van der Waals surface area (Å²) in [5.74, 6) is 0. The van der Waals surface area contributed by atoms with E-state index in [1.165, 1.54) is 37.2 Å². The van der Waals surface area contributed by atoms with Crippen molar-refractivity contribution in [1.82, 2.24) is 4.98 Å². The van der Waals surface area contributed by atoms with E-state index in [2.05, 4.69) is 39.5 Å². The molecule has 1 aliphatic heterocycles. The highest BCUT2D eigenvalue weighted by atomic mass is 32.1. The van der Waals surface area contributed by atoms with Gasteiger partial charge < -0.3 is 4.90 Å². The first-order chi connectivity index (χ1) is 8.33. The van der Waals surface area contributed by atoms with Crippen molar-refractivity contribution >= 4 is 17.0 Å². The van der Waals surface area contributed by atoms with Gasteiger partial charge in [-0.2, -0.15) is 0 Å². The summed E-state index contributed by atoms with van der Waals surface area (Å²) >= 11 is 1.71. The zero-order valence-corrected chi connectivity index (χ0v) is 10.8. The Morgan fingerprint density at radius 1 is 1.12 bits per heavy atom. The molecule has 0 spiro atoms. The van der Waals surface area contributed by atoms with E-state index in [-0.39, 0.29) is 0 Å². The predicted molar refractivity (Wildman–Crippen MR) is 73.7 cm³/mol. The molecule has 0 saturated carbocycles. The standard InChI is InChI=1S/C14H16N2S/c1-11-15-14(10-17-11)12-4-6-13(7-5-12)16-8-2-3-9-16/h4-7,10H,2-3,8-9H2,1H3. The number of anilines is 1. The Kier molecular flexibility index (Phi) is 2.85. The minimum Gasteiger partial charge on any atom is -0.372 e. The van der Waals surface area contributed by atoms with Crippen molar-refractivity contribution in [2.45, 2.75) is 19.8 Å². The molecule has 2 nitrogen and oxygen atoms in total. The summed E-state index contributed by atoms with van der Waals surface area (Å²) < 4.78 is 0. The second-order valence-electron chi connectivity index (χ2n) is 4.49. The van der Waals surface area contributed by atoms with Crippen molar-refractivity contribution in [2.24, 2.45) is 0 Å². The van der Waals surface area contributed by atoms with Crippen LogP contribution < -0.4 is 4.90 Å². The van der Waals surface area contributed by atoms with E-state index in [9.17, 15) is 0 Å². The van der Waals surface area contributed by atoms with E-state index in [1.807, 2.05) is 6.92 Å². The van der Waals surface area contributed by atoms with Gasteiger partial charge >= 0.3 is 0 Å². The van der Waals surface area contributed by atoms with E-state index in [0.717, 1.165) is 10.7 Å². The molecule has 1 aliphatic rings. The third kappa shape index (κ3) is 2.20. The smallest absolute Gasteiger partial charge is 0.0901 e. The molecule has 2 aromatic rings. The quantitative estimate of drug-likeness (QED) is 0.800. The van der Waals surface area contributed by atoms with Gasteiger partial charge in [0.15, 0.2) is 0 Å². The Hall–Kier alpha value is -1.35. The van der Waals surface area contributed by atoms with Crippen molar-refractivity contribution in [2.75, 3.05) is 18.0 Å². The van der Waals surface area contributed by atoms with Crippen LogP contribution in [0.15, 0.2) is 29.6 Å². The van der Waals surface area contributed by atoms with Crippen molar-refractivity contribution in [3.05, 3.63) is 34.7 Å². The van der Waals surface area contributed by atoms with Crippen LogP contribution >= 0.6 is 11.3 Å². The van der Waals surface area contributed by atoms with E-state index >= 15 is 0 Å². The first-order valence-electron chi connectivity index (χ1n) is 6.10. The van der Waals surface area contributed by atoms with Gasteiger partial charge in [-0.15, -0.1) is 11.3 Å². The summed E-state index contributed by atoms with van der Waals surface area (Å²) in [5, 5.41) is 3.25. The number of aryl methyl sites for hydroxylation is 1. The predicted octanol–water partition coefficient (Wildman–Crippen LogP) is 3.72. The van der Waals surface area contributed by atoms with Gasteiger partial charge in [-0.3, -0.25) is 0 Å². The maximum absolute atomic E-state index is 4.51. The number of nitrogens with zero attached hydrogens (tertiary/aromatic N) is 2. The lowest BCUT2D eigenvalue weighted by Gasteiger charge is -2.17. The van der Waals surface area contributed by atoms with Crippen LogP contribution in [0.25, 0.3) is 11.3 Å². The Bertz CT molecular complexity index is 495. The van der Waals surface area contributed by atoms with Crippen LogP contribution in [0.5, 0.6) is 0 Å². The van der Waals surface area contributed by atoms with Gasteiger partial charge in [-0.1, -0.05) is 12.1 Å². The highest BCUT2D eigenvalue weighted by molar-refractivity contribution is 7.09. The normalized spacial score (nSPS) is 15.5. The zero-order chi connectivity index (χ0) is 11.7. The molecule has 17 heavy (non-hydrogen) atoms. The average Bonchev–Trinajstić information content (AvgIpc) is 3.00. The van der Waals surface area contributed by atoms with Gasteiger partial charge in [0.2, 0.25) is 0 Å². The maximum Gasteiger partial charge on any atom is 0.0901 e. The van der Waals surface area contributed by atoms with Crippen LogP contribution in [0.3, 0.4) is 0 Å². The SMILES string of the molecule is Cc1nc(-c2ccc(N3CCCC3)cc2)cs1. The van der Waals surface area contributed by atoms with Crippen molar-refractivity contribution < 1.29 is 0 Å².